The van der Waals surface area contributed by atoms with Crippen LogP contribution in [-0.2, 0) is 18.8 Å². The van der Waals surface area contributed by atoms with Crippen molar-refractivity contribution in [2.45, 2.75) is 38.1 Å². The Morgan fingerprint density at radius 1 is 1.00 bits per heavy atom. The van der Waals surface area contributed by atoms with E-state index >= 15 is 0 Å². The smallest absolute Gasteiger partial charge is 0.336 e. The van der Waals surface area contributed by atoms with Crippen molar-refractivity contribution in [1.82, 2.24) is 0 Å². The minimum atomic E-state index is -2.40. The van der Waals surface area contributed by atoms with Crippen LogP contribution in [0.15, 0.2) is 0 Å². The maximum Gasteiger partial charge on any atom is 0.336 e. The lowest BCUT2D eigenvalue weighted by Gasteiger charge is -2.33. The van der Waals surface area contributed by atoms with Gasteiger partial charge in [0, 0.05) is 0 Å². The molecule has 0 aromatic heterocycles. The van der Waals surface area contributed by atoms with E-state index in [1.165, 1.54) is 0 Å². The molecule has 0 saturated carbocycles. The SMILES string of the molecule is C[Si](C)(C)OC(CC(=O)O)(CC(=O)O)C(=O)O. The summed E-state index contributed by atoms with van der Waals surface area (Å²) in [4.78, 5) is 32.5. The molecular weight excluding hydrogens is 248 g/mol. The van der Waals surface area contributed by atoms with E-state index in [4.69, 9.17) is 19.7 Å². The molecule has 3 N–H and O–H groups in total. The molecular formula is C9H16O7Si. The van der Waals surface area contributed by atoms with Crippen LogP contribution in [0.1, 0.15) is 12.8 Å². The van der Waals surface area contributed by atoms with Crippen molar-refractivity contribution in [3.63, 3.8) is 0 Å². The summed E-state index contributed by atoms with van der Waals surface area (Å²) in [7, 11) is -2.40. The first kappa shape index (κ1) is 15.6. The fraction of sp³-hybridized carbons (Fsp3) is 0.667. The van der Waals surface area contributed by atoms with E-state index < -0.39 is 44.7 Å². The molecule has 0 amide bonds. The van der Waals surface area contributed by atoms with Crippen molar-refractivity contribution in [2.75, 3.05) is 0 Å². The normalized spacial score (nSPS) is 12.2. The van der Waals surface area contributed by atoms with Gasteiger partial charge in [0.15, 0.2) is 13.9 Å². The molecule has 7 nitrogen and oxygen atoms in total. The van der Waals surface area contributed by atoms with Crippen LogP contribution in [0.25, 0.3) is 0 Å². The standard InChI is InChI=1S/C9H16O7Si/c1-17(2,3)16-9(8(14)15,4-6(10)11)5-7(12)13/h4-5H2,1-3H3,(H,10,11)(H,12,13)(H,14,15). The molecule has 0 aromatic carbocycles. The van der Waals surface area contributed by atoms with Crippen LogP contribution in [0.5, 0.6) is 0 Å². The Bertz CT molecular complexity index is 315. The van der Waals surface area contributed by atoms with Crippen LogP contribution >= 0.6 is 0 Å². The summed E-state index contributed by atoms with van der Waals surface area (Å²) in [6.45, 7) is 4.98. The molecule has 0 rings (SSSR count). The van der Waals surface area contributed by atoms with Gasteiger partial charge >= 0.3 is 17.9 Å². The lowest BCUT2D eigenvalue weighted by molar-refractivity contribution is -0.168. The Hall–Kier alpha value is -1.41. The van der Waals surface area contributed by atoms with E-state index in [0.717, 1.165) is 0 Å². The summed E-state index contributed by atoms with van der Waals surface area (Å²) in [5, 5.41) is 26.4. The summed E-state index contributed by atoms with van der Waals surface area (Å²) in [5.74, 6) is -4.39. The first-order chi connectivity index (χ1) is 7.48. The third kappa shape index (κ3) is 5.45. The van der Waals surface area contributed by atoms with Gasteiger partial charge in [-0.25, -0.2) is 4.79 Å². The first-order valence-electron chi connectivity index (χ1n) is 4.86. The fourth-order valence-corrected chi connectivity index (χ4v) is 2.81. The predicted octanol–water partition coefficient (Wildman–Crippen LogP) is 0.611. The quantitative estimate of drug-likeness (QED) is 0.576. The van der Waals surface area contributed by atoms with Gasteiger partial charge in [0.05, 0.1) is 12.8 Å². The molecule has 0 atom stereocenters. The van der Waals surface area contributed by atoms with Gasteiger partial charge in [-0.05, 0) is 19.6 Å². The van der Waals surface area contributed by atoms with Gasteiger partial charge in [-0.1, -0.05) is 0 Å². The Morgan fingerprint density at radius 3 is 1.53 bits per heavy atom. The Kier molecular flexibility index (Phi) is 4.84. The summed E-state index contributed by atoms with van der Waals surface area (Å²) in [6, 6.07) is 0. The van der Waals surface area contributed by atoms with Crippen LogP contribution in [0.4, 0.5) is 0 Å². The minimum absolute atomic E-state index is 0.876. The topological polar surface area (TPSA) is 121 Å². The molecule has 0 heterocycles. The molecule has 0 aliphatic carbocycles. The molecule has 0 aliphatic rings. The van der Waals surface area contributed by atoms with Gasteiger partial charge in [-0.15, -0.1) is 0 Å². The van der Waals surface area contributed by atoms with Crippen molar-refractivity contribution >= 4 is 26.2 Å². The van der Waals surface area contributed by atoms with E-state index in [1.54, 1.807) is 19.6 Å². The number of carboxylic acids is 3. The second-order valence-electron chi connectivity index (χ2n) is 4.65. The second kappa shape index (κ2) is 5.28. The Balaban J connectivity index is 5.31. The second-order valence-corrected chi connectivity index (χ2v) is 9.08. The fourth-order valence-electron chi connectivity index (χ4n) is 1.40. The van der Waals surface area contributed by atoms with Gasteiger partial charge < -0.3 is 19.7 Å². The third-order valence-corrected chi connectivity index (χ3v) is 2.77. The lowest BCUT2D eigenvalue weighted by Crippen LogP contribution is -2.51. The Labute approximate surface area is 99.1 Å². The molecule has 8 heteroatoms. The molecule has 0 aromatic rings. The van der Waals surface area contributed by atoms with Gasteiger partial charge in [0.2, 0.25) is 0 Å². The molecule has 17 heavy (non-hydrogen) atoms. The highest BCUT2D eigenvalue weighted by molar-refractivity contribution is 6.70. The van der Waals surface area contributed by atoms with Crippen LogP contribution in [-0.4, -0.2) is 47.1 Å². The molecule has 0 fully saturated rings. The molecule has 0 aliphatic heterocycles. The molecule has 0 unspecified atom stereocenters. The summed E-state index contributed by atoms with van der Waals surface area (Å²) in [5.41, 5.74) is -2.19. The number of carbonyl (C=O) groups is 3. The van der Waals surface area contributed by atoms with Gasteiger partial charge in [0.1, 0.15) is 0 Å². The largest absolute Gasteiger partial charge is 0.481 e. The van der Waals surface area contributed by atoms with E-state index in [9.17, 15) is 14.4 Å². The number of hydrogen-bond donors (Lipinski definition) is 3. The number of aliphatic carboxylic acids is 3. The number of carboxylic acid groups (broad SMARTS) is 3. The Morgan fingerprint density at radius 2 is 1.35 bits per heavy atom. The predicted molar refractivity (Wildman–Crippen MR) is 59.3 cm³/mol. The first-order valence-corrected chi connectivity index (χ1v) is 8.26. The van der Waals surface area contributed by atoms with Crippen molar-refractivity contribution in [3.8, 4) is 0 Å². The van der Waals surface area contributed by atoms with E-state index in [-0.39, 0.29) is 0 Å². The number of rotatable bonds is 7. The average Bonchev–Trinajstić information content (AvgIpc) is 1.96. The zero-order chi connectivity index (χ0) is 13.9. The molecule has 98 valence electrons. The van der Waals surface area contributed by atoms with Crippen LogP contribution in [0.2, 0.25) is 19.6 Å². The van der Waals surface area contributed by atoms with Crippen LogP contribution < -0.4 is 0 Å². The van der Waals surface area contributed by atoms with Crippen molar-refractivity contribution in [1.29, 1.82) is 0 Å². The van der Waals surface area contributed by atoms with E-state index in [1.807, 2.05) is 0 Å². The van der Waals surface area contributed by atoms with Crippen molar-refractivity contribution < 1.29 is 34.1 Å². The van der Waals surface area contributed by atoms with Gasteiger partial charge in [-0.3, -0.25) is 9.59 Å². The summed E-state index contributed by atoms with van der Waals surface area (Å²) >= 11 is 0. The average molecular weight is 264 g/mol. The molecule has 0 saturated heterocycles. The third-order valence-electron chi connectivity index (χ3n) is 1.76. The molecule has 0 bridgehead atoms. The maximum absolute atomic E-state index is 11.1. The molecule has 0 radical (unpaired) electrons. The van der Waals surface area contributed by atoms with Gasteiger partial charge in [0.25, 0.3) is 0 Å². The number of hydrogen-bond acceptors (Lipinski definition) is 4. The van der Waals surface area contributed by atoms with Gasteiger partial charge in [-0.2, -0.15) is 0 Å². The van der Waals surface area contributed by atoms with E-state index in [2.05, 4.69) is 0 Å². The summed E-state index contributed by atoms with van der Waals surface area (Å²) in [6.07, 6.45) is -1.75. The molecule has 0 spiro atoms. The minimum Gasteiger partial charge on any atom is -0.481 e. The zero-order valence-corrected chi connectivity index (χ0v) is 10.9. The monoisotopic (exact) mass is 264 g/mol. The van der Waals surface area contributed by atoms with Crippen molar-refractivity contribution in [2.24, 2.45) is 0 Å². The highest BCUT2D eigenvalue weighted by atomic mass is 28.4. The summed E-state index contributed by atoms with van der Waals surface area (Å²) < 4.78 is 5.29. The highest BCUT2D eigenvalue weighted by Crippen LogP contribution is 2.26. The lowest BCUT2D eigenvalue weighted by atomic mass is 9.96. The zero-order valence-electron chi connectivity index (χ0n) is 9.89. The van der Waals surface area contributed by atoms with Crippen LogP contribution in [0, 0.1) is 0 Å². The van der Waals surface area contributed by atoms with E-state index in [0.29, 0.717) is 0 Å². The maximum atomic E-state index is 11.1. The van der Waals surface area contributed by atoms with Crippen molar-refractivity contribution in [3.05, 3.63) is 0 Å². The van der Waals surface area contributed by atoms with Crippen LogP contribution in [0.3, 0.4) is 0 Å². The highest BCUT2D eigenvalue weighted by Gasteiger charge is 2.47.